The molecule has 0 saturated carbocycles. The highest BCUT2D eigenvalue weighted by molar-refractivity contribution is 5.85. The molecule has 2 aromatic carbocycles. The Kier molecular flexibility index (Phi) is 7.66. The van der Waals surface area contributed by atoms with Gasteiger partial charge in [0, 0.05) is 13.1 Å². The first-order chi connectivity index (χ1) is 11.9. The number of benzene rings is 2. The highest BCUT2D eigenvalue weighted by Crippen LogP contribution is 2.05. The molecule has 0 radical (unpaired) electrons. The van der Waals surface area contributed by atoms with Crippen LogP contribution in [0.1, 0.15) is 11.1 Å². The smallest absolute Gasteiger partial charge is 0.227 e. The average Bonchev–Trinajstić information content (AvgIpc) is 2.64. The van der Waals surface area contributed by atoms with Crippen LogP contribution in [0.15, 0.2) is 67.0 Å². The van der Waals surface area contributed by atoms with Crippen LogP contribution in [0.25, 0.3) is 0 Å². The molecule has 0 aliphatic rings. The molecule has 0 unspecified atom stereocenters. The van der Waals surface area contributed by atoms with Gasteiger partial charge in [-0.05, 0) is 24.0 Å². The predicted octanol–water partition coefficient (Wildman–Crippen LogP) is 3.60. The van der Waals surface area contributed by atoms with Crippen LogP contribution in [0.5, 0.6) is 0 Å². The lowest BCUT2D eigenvalue weighted by Crippen LogP contribution is -2.12. The maximum absolute atomic E-state index is 4.39. The monoisotopic (exact) mass is 355 g/mol. The maximum Gasteiger partial charge on any atom is 0.227 e. The molecule has 130 valence electrons. The van der Waals surface area contributed by atoms with Gasteiger partial charge in [-0.1, -0.05) is 60.7 Å². The van der Waals surface area contributed by atoms with Crippen LogP contribution in [0.4, 0.5) is 11.9 Å². The van der Waals surface area contributed by atoms with Gasteiger partial charge in [0.15, 0.2) is 0 Å². The number of hydrogen-bond donors (Lipinski definition) is 2. The molecule has 2 N–H and O–H groups in total. The van der Waals surface area contributed by atoms with Gasteiger partial charge in [-0.2, -0.15) is 4.98 Å². The highest BCUT2D eigenvalue weighted by atomic mass is 35.5. The van der Waals surface area contributed by atoms with E-state index in [4.69, 9.17) is 0 Å². The fourth-order valence-corrected chi connectivity index (χ4v) is 2.39. The lowest BCUT2D eigenvalue weighted by Gasteiger charge is -2.07. The number of nitrogens with one attached hydrogen (secondary N) is 2. The number of rotatable bonds is 8. The molecule has 6 heteroatoms. The summed E-state index contributed by atoms with van der Waals surface area (Å²) in [6.07, 6.45) is 3.40. The molecular formula is C19H22ClN5. The molecule has 0 amide bonds. The van der Waals surface area contributed by atoms with Crippen molar-refractivity contribution in [1.82, 2.24) is 15.0 Å². The second-order valence-electron chi connectivity index (χ2n) is 5.46. The average molecular weight is 356 g/mol. The Morgan fingerprint density at radius 1 is 0.640 bits per heavy atom. The van der Waals surface area contributed by atoms with Gasteiger partial charge in [-0.3, -0.25) is 0 Å². The standard InChI is InChI=1S/C19H21N5.ClH/c1-3-7-16(8-4-1)11-13-20-18-22-15-23-19(24-18)21-14-12-17-9-5-2-6-10-17;/h1-10,15H,11-14H2,(H2,20,21,22,23,24);1H. The fourth-order valence-electron chi connectivity index (χ4n) is 2.39. The van der Waals surface area contributed by atoms with Crippen LogP contribution in [-0.4, -0.2) is 28.0 Å². The number of aromatic nitrogens is 3. The molecule has 0 saturated heterocycles. The molecule has 0 aliphatic heterocycles. The molecular weight excluding hydrogens is 334 g/mol. The number of nitrogens with zero attached hydrogens (tertiary/aromatic N) is 3. The first-order valence-corrected chi connectivity index (χ1v) is 8.15. The van der Waals surface area contributed by atoms with Crippen molar-refractivity contribution in [2.45, 2.75) is 12.8 Å². The molecule has 0 fully saturated rings. The second kappa shape index (κ2) is 10.3. The third kappa shape index (κ3) is 6.39. The summed E-state index contributed by atoms with van der Waals surface area (Å²) in [4.78, 5) is 12.7. The minimum atomic E-state index is 0. The van der Waals surface area contributed by atoms with Crippen LogP contribution in [0, 0.1) is 0 Å². The van der Waals surface area contributed by atoms with Gasteiger partial charge < -0.3 is 10.6 Å². The van der Waals surface area contributed by atoms with Gasteiger partial charge in [-0.25, -0.2) is 9.97 Å². The Morgan fingerprint density at radius 2 is 1.08 bits per heavy atom. The molecule has 25 heavy (non-hydrogen) atoms. The predicted molar refractivity (Wildman–Crippen MR) is 104 cm³/mol. The van der Waals surface area contributed by atoms with Crippen molar-refractivity contribution < 1.29 is 0 Å². The maximum atomic E-state index is 4.39. The highest BCUT2D eigenvalue weighted by Gasteiger charge is 2.00. The largest absolute Gasteiger partial charge is 0.354 e. The molecule has 3 aromatic rings. The molecule has 1 heterocycles. The van der Waals surface area contributed by atoms with Crippen molar-refractivity contribution in [3.05, 3.63) is 78.1 Å². The Morgan fingerprint density at radius 3 is 1.52 bits per heavy atom. The summed E-state index contributed by atoms with van der Waals surface area (Å²) in [7, 11) is 0. The van der Waals surface area contributed by atoms with Crippen molar-refractivity contribution in [2.24, 2.45) is 0 Å². The van der Waals surface area contributed by atoms with Crippen molar-refractivity contribution in [3.8, 4) is 0 Å². The fraction of sp³-hybridized carbons (Fsp3) is 0.211. The van der Waals surface area contributed by atoms with Crippen LogP contribution in [0.2, 0.25) is 0 Å². The summed E-state index contributed by atoms with van der Waals surface area (Å²) in [5.41, 5.74) is 2.58. The van der Waals surface area contributed by atoms with E-state index in [1.807, 2.05) is 36.4 Å². The summed E-state index contributed by atoms with van der Waals surface area (Å²) < 4.78 is 0. The van der Waals surface area contributed by atoms with E-state index >= 15 is 0 Å². The van der Waals surface area contributed by atoms with E-state index < -0.39 is 0 Å². The third-order valence-corrected chi connectivity index (χ3v) is 3.65. The Hall–Kier alpha value is -2.66. The Balaban J connectivity index is 0.00000225. The first-order valence-electron chi connectivity index (χ1n) is 8.15. The van der Waals surface area contributed by atoms with Gasteiger partial charge in [0.05, 0.1) is 0 Å². The summed E-state index contributed by atoms with van der Waals surface area (Å²) in [5, 5.41) is 6.48. The summed E-state index contributed by atoms with van der Waals surface area (Å²) in [6.45, 7) is 1.58. The van der Waals surface area contributed by atoms with E-state index in [1.165, 1.54) is 17.5 Å². The minimum Gasteiger partial charge on any atom is -0.354 e. The SMILES string of the molecule is Cl.c1ccc(CCNc2ncnc(NCCc3ccccc3)n2)cc1. The zero-order chi connectivity index (χ0) is 16.5. The van der Waals surface area contributed by atoms with Crippen molar-refractivity contribution in [1.29, 1.82) is 0 Å². The van der Waals surface area contributed by atoms with E-state index in [1.54, 1.807) is 0 Å². The molecule has 0 bridgehead atoms. The van der Waals surface area contributed by atoms with E-state index in [-0.39, 0.29) is 12.4 Å². The summed E-state index contributed by atoms with van der Waals surface area (Å²) >= 11 is 0. The summed E-state index contributed by atoms with van der Waals surface area (Å²) in [6, 6.07) is 20.7. The Labute approximate surface area is 154 Å². The van der Waals surface area contributed by atoms with Gasteiger partial charge in [0.25, 0.3) is 0 Å². The molecule has 0 aliphatic carbocycles. The van der Waals surface area contributed by atoms with Gasteiger partial charge >= 0.3 is 0 Å². The van der Waals surface area contributed by atoms with Crippen LogP contribution in [0.3, 0.4) is 0 Å². The zero-order valence-electron chi connectivity index (χ0n) is 13.9. The molecule has 1 aromatic heterocycles. The van der Waals surface area contributed by atoms with Gasteiger partial charge in [-0.15, -0.1) is 12.4 Å². The molecule has 0 atom stereocenters. The minimum absolute atomic E-state index is 0. The van der Waals surface area contributed by atoms with Gasteiger partial charge in [0.2, 0.25) is 11.9 Å². The van der Waals surface area contributed by atoms with Gasteiger partial charge in [0.1, 0.15) is 6.33 Å². The van der Waals surface area contributed by atoms with E-state index in [9.17, 15) is 0 Å². The first kappa shape index (κ1) is 18.7. The van der Waals surface area contributed by atoms with E-state index in [0.29, 0.717) is 11.9 Å². The molecule has 0 spiro atoms. The van der Waals surface area contributed by atoms with Crippen LogP contribution in [-0.2, 0) is 12.8 Å². The Bertz CT molecular complexity index is 676. The summed E-state index contributed by atoms with van der Waals surface area (Å²) in [5.74, 6) is 1.20. The van der Waals surface area contributed by atoms with Crippen molar-refractivity contribution >= 4 is 24.3 Å². The van der Waals surface area contributed by atoms with E-state index in [0.717, 1.165) is 25.9 Å². The number of halogens is 1. The number of hydrogen-bond acceptors (Lipinski definition) is 5. The van der Waals surface area contributed by atoms with E-state index in [2.05, 4.69) is 49.9 Å². The zero-order valence-corrected chi connectivity index (χ0v) is 14.7. The van der Waals surface area contributed by atoms with Crippen molar-refractivity contribution in [3.63, 3.8) is 0 Å². The number of anilines is 2. The quantitative estimate of drug-likeness (QED) is 0.646. The van der Waals surface area contributed by atoms with Crippen molar-refractivity contribution in [2.75, 3.05) is 23.7 Å². The third-order valence-electron chi connectivity index (χ3n) is 3.65. The lowest BCUT2D eigenvalue weighted by atomic mass is 10.1. The molecule has 3 rings (SSSR count). The van der Waals surface area contributed by atoms with Crippen LogP contribution < -0.4 is 10.6 Å². The van der Waals surface area contributed by atoms with Crippen LogP contribution >= 0.6 is 12.4 Å². The second-order valence-corrected chi connectivity index (χ2v) is 5.46. The normalized spacial score (nSPS) is 9.92. The lowest BCUT2D eigenvalue weighted by molar-refractivity contribution is 0.939. The molecule has 5 nitrogen and oxygen atoms in total. The topological polar surface area (TPSA) is 62.7 Å².